The van der Waals surface area contributed by atoms with Crippen LogP contribution in [0, 0.1) is 11.7 Å². The maximum atomic E-state index is 13.1. The molecule has 1 unspecified atom stereocenters. The van der Waals surface area contributed by atoms with Gasteiger partial charge < -0.3 is 10.8 Å². The van der Waals surface area contributed by atoms with Crippen LogP contribution in [0.3, 0.4) is 0 Å². The zero-order valence-corrected chi connectivity index (χ0v) is 9.32. The first-order valence-electron chi connectivity index (χ1n) is 5.90. The normalized spacial score (nSPS) is 18.9. The molecule has 1 atom stereocenters. The first kappa shape index (κ1) is 11.4. The zero-order valence-electron chi connectivity index (χ0n) is 9.32. The zero-order chi connectivity index (χ0) is 11.5. The molecule has 1 aliphatic carbocycles. The molecule has 1 aromatic rings. The second-order valence-electron chi connectivity index (χ2n) is 4.68. The second-order valence-corrected chi connectivity index (χ2v) is 4.68. The maximum Gasteiger partial charge on any atom is 0.123 e. The van der Waals surface area contributed by atoms with Crippen molar-refractivity contribution in [2.75, 3.05) is 5.73 Å². The number of nitrogen functional groups attached to an aromatic ring is 1. The van der Waals surface area contributed by atoms with Crippen molar-refractivity contribution < 1.29 is 9.50 Å². The van der Waals surface area contributed by atoms with Gasteiger partial charge in [0, 0.05) is 11.3 Å². The van der Waals surface area contributed by atoms with Gasteiger partial charge in [0.1, 0.15) is 5.82 Å². The highest BCUT2D eigenvalue weighted by Crippen LogP contribution is 2.34. The summed E-state index contributed by atoms with van der Waals surface area (Å²) < 4.78 is 13.1. The average molecular weight is 223 g/mol. The van der Waals surface area contributed by atoms with E-state index in [4.69, 9.17) is 5.73 Å². The Bertz CT molecular complexity index is 361. The maximum absolute atomic E-state index is 13.1. The Hall–Kier alpha value is -1.09. The molecule has 1 saturated carbocycles. The molecule has 0 spiro atoms. The lowest BCUT2D eigenvalue weighted by molar-refractivity contribution is 0.145. The van der Waals surface area contributed by atoms with Crippen LogP contribution < -0.4 is 5.73 Å². The lowest BCUT2D eigenvalue weighted by atomic mass is 9.95. The van der Waals surface area contributed by atoms with Gasteiger partial charge in [0.2, 0.25) is 0 Å². The minimum absolute atomic E-state index is 0.338. The molecule has 3 heteroatoms. The third kappa shape index (κ3) is 2.53. The van der Waals surface area contributed by atoms with Crippen LogP contribution >= 0.6 is 0 Å². The topological polar surface area (TPSA) is 46.2 Å². The van der Waals surface area contributed by atoms with Crippen molar-refractivity contribution in [1.29, 1.82) is 0 Å². The first-order chi connectivity index (χ1) is 7.66. The monoisotopic (exact) mass is 223 g/mol. The minimum Gasteiger partial charge on any atom is -0.398 e. The summed E-state index contributed by atoms with van der Waals surface area (Å²) in [7, 11) is 0. The lowest BCUT2D eigenvalue weighted by Crippen LogP contribution is -2.07. The highest BCUT2D eigenvalue weighted by molar-refractivity contribution is 5.47. The number of halogens is 1. The van der Waals surface area contributed by atoms with Crippen molar-refractivity contribution in [3.05, 3.63) is 29.6 Å². The third-order valence-electron chi connectivity index (χ3n) is 3.44. The van der Waals surface area contributed by atoms with E-state index < -0.39 is 6.10 Å². The van der Waals surface area contributed by atoms with Crippen molar-refractivity contribution in [2.45, 2.75) is 38.2 Å². The molecule has 2 rings (SSSR count). The van der Waals surface area contributed by atoms with E-state index >= 15 is 0 Å². The Kier molecular flexibility index (Phi) is 3.44. The van der Waals surface area contributed by atoms with Gasteiger partial charge in [-0.3, -0.25) is 0 Å². The van der Waals surface area contributed by atoms with Gasteiger partial charge >= 0.3 is 0 Å². The largest absolute Gasteiger partial charge is 0.398 e. The Labute approximate surface area is 95.3 Å². The highest BCUT2D eigenvalue weighted by atomic mass is 19.1. The van der Waals surface area contributed by atoms with Gasteiger partial charge in [-0.25, -0.2) is 4.39 Å². The van der Waals surface area contributed by atoms with Gasteiger partial charge in [-0.15, -0.1) is 0 Å². The third-order valence-corrected chi connectivity index (χ3v) is 3.44. The molecule has 0 aromatic heterocycles. The quantitative estimate of drug-likeness (QED) is 0.774. The molecule has 0 saturated heterocycles. The molecule has 0 amide bonds. The molecular weight excluding hydrogens is 205 g/mol. The van der Waals surface area contributed by atoms with Crippen molar-refractivity contribution >= 4 is 5.69 Å². The Morgan fingerprint density at radius 1 is 1.38 bits per heavy atom. The number of rotatable bonds is 3. The van der Waals surface area contributed by atoms with E-state index in [2.05, 4.69) is 0 Å². The molecule has 1 aliphatic rings. The van der Waals surface area contributed by atoms with Crippen LogP contribution in [-0.4, -0.2) is 5.11 Å². The summed E-state index contributed by atoms with van der Waals surface area (Å²) in [5.74, 6) is 0.229. The number of benzene rings is 1. The fraction of sp³-hybridized carbons (Fsp3) is 0.538. The fourth-order valence-corrected chi connectivity index (χ4v) is 2.52. The number of aliphatic hydroxyl groups excluding tert-OH is 1. The van der Waals surface area contributed by atoms with Gasteiger partial charge in [-0.2, -0.15) is 0 Å². The van der Waals surface area contributed by atoms with Crippen LogP contribution in [-0.2, 0) is 0 Å². The van der Waals surface area contributed by atoms with E-state index in [1.54, 1.807) is 0 Å². The number of hydrogen-bond donors (Lipinski definition) is 2. The van der Waals surface area contributed by atoms with Crippen LogP contribution in [0.4, 0.5) is 10.1 Å². The summed E-state index contributed by atoms with van der Waals surface area (Å²) in [4.78, 5) is 0. The SMILES string of the molecule is Nc1ccc(F)cc1C(O)CC1CCCC1. The predicted molar refractivity (Wildman–Crippen MR) is 62.3 cm³/mol. The number of aliphatic hydroxyl groups is 1. The molecule has 0 heterocycles. The standard InChI is InChI=1S/C13H18FNO/c14-10-5-6-12(15)11(8-10)13(16)7-9-3-1-2-4-9/h5-6,8-9,13,16H,1-4,7,15H2. The van der Waals surface area contributed by atoms with Gasteiger partial charge in [0.15, 0.2) is 0 Å². The first-order valence-corrected chi connectivity index (χ1v) is 5.90. The molecule has 0 bridgehead atoms. The van der Waals surface area contributed by atoms with Gasteiger partial charge in [-0.1, -0.05) is 25.7 Å². The van der Waals surface area contributed by atoms with Gasteiger partial charge in [0.05, 0.1) is 6.10 Å². The predicted octanol–water partition coefficient (Wildman–Crippen LogP) is 3.02. The lowest BCUT2D eigenvalue weighted by Gasteiger charge is -2.17. The molecule has 3 N–H and O–H groups in total. The molecular formula is C13H18FNO. The van der Waals surface area contributed by atoms with E-state index in [0.29, 0.717) is 23.6 Å². The van der Waals surface area contributed by atoms with Crippen LogP contribution in [0.15, 0.2) is 18.2 Å². The second kappa shape index (κ2) is 4.83. The van der Waals surface area contributed by atoms with E-state index in [0.717, 1.165) is 0 Å². The van der Waals surface area contributed by atoms with Crippen molar-refractivity contribution in [3.8, 4) is 0 Å². The molecule has 16 heavy (non-hydrogen) atoms. The summed E-state index contributed by atoms with van der Waals surface area (Å²) in [6, 6.07) is 4.18. The van der Waals surface area contributed by atoms with Gasteiger partial charge in [-0.05, 0) is 30.5 Å². The number of hydrogen-bond acceptors (Lipinski definition) is 2. The van der Waals surface area contributed by atoms with Crippen LogP contribution in [0.25, 0.3) is 0 Å². The molecule has 0 aliphatic heterocycles. The Morgan fingerprint density at radius 2 is 2.06 bits per heavy atom. The summed E-state index contributed by atoms with van der Waals surface area (Å²) in [6.07, 6.45) is 4.91. The molecule has 1 aromatic carbocycles. The Balaban J connectivity index is 2.07. The van der Waals surface area contributed by atoms with E-state index in [9.17, 15) is 9.50 Å². The number of anilines is 1. The summed E-state index contributed by atoms with van der Waals surface area (Å²) in [6.45, 7) is 0. The van der Waals surface area contributed by atoms with E-state index in [-0.39, 0.29) is 5.82 Å². The minimum atomic E-state index is -0.626. The molecule has 2 nitrogen and oxygen atoms in total. The summed E-state index contributed by atoms with van der Waals surface area (Å²) in [5, 5.41) is 10.0. The Morgan fingerprint density at radius 3 is 2.75 bits per heavy atom. The molecule has 1 fully saturated rings. The van der Waals surface area contributed by atoms with E-state index in [1.165, 1.54) is 43.9 Å². The van der Waals surface area contributed by atoms with Crippen molar-refractivity contribution in [2.24, 2.45) is 5.92 Å². The van der Waals surface area contributed by atoms with Crippen molar-refractivity contribution in [1.82, 2.24) is 0 Å². The highest BCUT2D eigenvalue weighted by Gasteiger charge is 2.21. The smallest absolute Gasteiger partial charge is 0.123 e. The summed E-state index contributed by atoms with van der Waals surface area (Å²) >= 11 is 0. The average Bonchev–Trinajstić information content (AvgIpc) is 2.74. The van der Waals surface area contributed by atoms with Crippen molar-refractivity contribution in [3.63, 3.8) is 0 Å². The fourth-order valence-electron chi connectivity index (χ4n) is 2.52. The molecule has 0 radical (unpaired) electrons. The van der Waals surface area contributed by atoms with Gasteiger partial charge in [0.25, 0.3) is 0 Å². The van der Waals surface area contributed by atoms with E-state index in [1.807, 2.05) is 0 Å². The van der Waals surface area contributed by atoms with Crippen LogP contribution in [0.2, 0.25) is 0 Å². The molecule has 88 valence electrons. The van der Waals surface area contributed by atoms with Crippen LogP contribution in [0.5, 0.6) is 0 Å². The number of nitrogens with two attached hydrogens (primary N) is 1. The summed E-state index contributed by atoms with van der Waals surface area (Å²) in [5.41, 5.74) is 6.75. The van der Waals surface area contributed by atoms with Crippen LogP contribution in [0.1, 0.15) is 43.8 Å².